The number of thioether (sulfide) groups is 1. The second-order valence-corrected chi connectivity index (χ2v) is 7.56. The molecule has 0 spiro atoms. The van der Waals surface area contributed by atoms with E-state index in [0.29, 0.717) is 27.6 Å². The van der Waals surface area contributed by atoms with Crippen LogP contribution in [0.2, 0.25) is 0 Å². The average molecular weight is 420 g/mol. The summed E-state index contributed by atoms with van der Waals surface area (Å²) in [6.07, 6.45) is 0.924. The summed E-state index contributed by atoms with van der Waals surface area (Å²) in [4.78, 5) is 29.6. The van der Waals surface area contributed by atoms with Crippen LogP contribution in [0.25, 0.3) is 16.6 Å². The molecule has 0 amide bonds. The lowest BCUT2D eigenvalue weighted by Crippen LogP contribution is -2.21. The minimum Gasteiger partial charge on any atom is -0.463 e. The van der Waals surface area contributed by atoms with E-state index in [2.05, 4.69) is 11.7 Å². The zero-order valence-corrected chi connectivity index (χ0v) is 17.4. The van der Waals surface area contributed by atoms with E-state index in [4.69, 9.17) is 9.40 Å². The third-order valence-corrected chi connectivity index (χ3v) is 5.70. The van der Waals surface area contributed by atoms with E-state index in [1.807, 2.05) is 42.5 Å². The molecule has 0 unspecified atom stereocenters. The molecule has 0 atom stereocenters. The second-order valence-electron chi connectivity index (χ2n) is 6.62. The fourth-order valence-corrected chi connectivity index (χ4v) is 4.03. The van der Waals surface area contributed by atoms with Crippen molar-refractivity contribution in [3.05, 3.63) is 88.1 Å². The van der Waals surface area contributed by atoms with Crippen molar-refractivity contribution in [1.82, 2.24) is 9.55 Å². The van der Waals surface area contributed by atoms with Gasteiger partial charge in [0, 0.05) is 0 Å². The number of hydrogen-bond acceptors (Lipinski definition) is 6. The number of aryl methyl sites for hydroxylation is 1. The first-order chi connectivity index (χ1) is 14.6. The zero-order valence-electron chi connectivity index (χ0n) is 16.6. The van der Waals surface area contributed by atoms with Gasteiger partial charge < -0.3 is 9.15 Å². The Kier molecular flexibility index (Phi) is 5.72. The number of aromatic nitrogens is 2. The van der Waals surface area contributed by atoms with E-state index < -0.39 is 5.97 Å². The van der Waals surface area contributed by atoms with Crippen molar-refractivity contribution in [2.45, 2.75) is 24.3 Å². The highest BCUT2D eigenvalue weighted by Gasteiger charge is 2.16. The van der Waals surface area contributed by atoms with Gasteiger partial charge in [-0.3, -0.25) is 9.36 Å². The van der Waals surface area contributed by atoms with E-state index in [9.17, 15) is 9.59 Å². The van der Waals surface area contributed by atoms with Gasteiger partial charge in [-0.2, -0.15) is 0 Å². The second kappa shape index (κ2) is 8.59. The molecule has 2 heterocycles. The molecule has 2 aromatic carbocycles. The van der Waals surface area contributed by atoms with Crippen molar-refractivity contribution in [2.75, 3.05) is 7.11 Å². The van der Waals surface area contributed by atoms with Crippen LogP contribution in [-0.2, 0) is 16.9 Å². The van der Waals surface area contributed by atoms with Crippen molar-refractivity contribution in [3.63, 3.8) is 0 Å². The molecule has 30 heavy (non-hydrogen) atoms. The lowest BCUT2D eigenvalue weighted by atomic mass is 10.1. The lowest BCUT2D eigenvalue weighted by molar-refractivity contribution is 0.0563. The summed E-state index contributed by atoms with van der Waals surface area (Å²) < 4.78 is 11.8. The minimum absolute atomic E-state index is 0.123. The molecule has 7 heteroatoms. The van der Waals surface area contributed by atoms with Crippen LogP contribution in [0.3, 0.4) is 0 Å². The lowest BCUT2D eigenvalue weighted by Gasteiger charge is -2.13. The van der Waals surface area contributed by atoms with Crippen LogP contribution in [0.15, 0.2) is 75.0 Å². The van der Waals surface area contributed by atoms with E-state index in [0.717, 1.165) is 12.1 Å². The van der Waals surface area contributed by atoms with Crippen molar-refractivity contribution in [3.8, 4) is 5.69 Å². The van der Waals surface area contributed by atoms with Gasteiger partial charge in [0.15, 0.2) is 5.16 Å². The number of carbonyl (C=O) groups excluding carboxylic acids is 1. The summed E-state index contributed by atoms with van der Waals surface area (Å²) in [5.74, 6) is 0.625. The molecule has 0 saturated carbocycles. The van der Waals surface area contributed by atoms with Crippen LogP contribution in [0, 0.1) is 0 Å². The Hall–Kier alpha value is -3.32. The molecule has 4 aromatic rings. The van der Waals surface area contributed by atoms with Crippen LogP contribution in [0.1, 0.15) is 28.8 Å². The standard InChI is InChI=1S/C23H20N2O4S/c1-3-15-8-10-16(11-9-15)25-21(26)18-6-4-5-7-19(18)24-23(25)30-14-17-12-13-20(29-17)22(27)28-2/h4-13H,3,14H2,1-2H3. The highest BCUT2D eigenvalue weighted by molar-refractivity contribution is 7.98. The summed E-state index contributed by atoms with van der Waals surface area (Å²) in [6, 6.07) is 18.5. The third-order valence-electron chi connectivity index (χ3n) is 4.74. The highest BCUT2D eigenvalue weighted by atomic mass is 32.2. The van der Waals surface area contributed by atoms with Crippen molar-refractivity contribution < 1.29 is 13.9 Å². The van der Waals surface area contributed by atoms with Gasteiger partial charge in [0.2, 0.25) is 5.76 Å². The third kappa shape index (κ3) is 3.89. The maximum atomic E-state index is 13.3. The van der Waals surface area contributed by atoms with Gasteiger partial charge in [-0.15, -0.1) is 0 Å². The van der Waals surface area contributed by atoms with E-state index in [1.54, 1.807) is 22.8 Å². The highest BCUT2D eigenvalue weighted by Crippen LogP contribution is 2.26. The maximum Gasteiger partial charge on any atom is 0.373 e. The molecule has 0 aliphatic rings. The molecule has 4 rings (SSSR count). The molecule has 152 valence electrons. The molecule has 0 aliphatic carbocycles. The quantitative estimate of drug-likeness (QED) is 0.257. The van der Waals surface area contributed by atoms with Gasteiger partial charge in [-0.05, 0) is 48.4 Å². The largest absolute Gasteiger partial charge is 0.463 e. The summed E-state index contributed by atoms with van der Waals surface area (Å²) >= 11 is 1.37. The number of carbonyl (C=O) groups is 1. The molecule has 0 aliphatic heterocycles. The summed E-state index contributed by atoms with van der Waals surface area (Å²) in [5.41, 5.74) is 2.47. The number of para-hydroxylation sites is 1. The molecule has 6 nitrogen and oxygen atoms in total. The Morgan fingerprint density at radius 3 is 2.60 bits per heavy atom. The van der Waals surface area contributed by atoms with Crippen molar-refractivity contribution in [1.29, 1.82) is 0 Å². The van der Waals surface area contributed by atoms with Crippen LogP contribution in [0.4, 0.5) is 0 Å². The smallest absolute Gasteiger partial charge is 0.373 e. The Labute approximate surface area is 177 Å². The predicted octanol–water partition coefficient (Wildman–Crippen LogP) is 4.62. The van der Waals surface area contributed by atoms with Crippen LogP contribution in [0.5, 0.6) is 0 Å². The number of furan rings is 1. The Bertz CT molecular complexity index is 1260. The topological polar surface area (TPSA) is 74.3 Å². The molecule has 0 fully saturated rings. The Balaban J connectivity index is 1.74. The number of ether oxygens (including phenoxy) is 1. The number of benzene rings is 2. The van der Waals surface area contributed by atoms with Gasteiger partial charge in [0.05, 0.1) is 29.5 Å². The van der Waals surface area contributed by atoms with Gasteiger partial charge in [-0.1, -0.05) is 43.0 Å². The van der Waals surface area contributed by atoms with Crippen LogP contribution in [-0.4, -0.2) is 22.6 Å². The van der Waals surface area contributed by atoms with Gasteiger partial charge >= 0.3 is 5.97 Å². The average Bonchev–Trinajstić information content (AvgIpc) is 3.26. The molecule has 0 saturated heterocycles. The fourth-order valence-electron chi connectivity index (χ4n) is 3.12. The number of fused-ring (bicyclic) bond motifs is 1. The predicted molar refractivity (Wildman–Crippen MR) is 116 cm³/mol. The maximum absolute atomic E-state index is 13.3. The molecular formula is C23H20N2O4S. The first kappa shape index (κ1) is 20.0. The van der Waals surface area contributed by atoms with Crippen molar-refractivity contribution in [2.24, 2.45) is 0 Å². The molecule has 0 N–H and O–H groups in total. The summed E-state index contributed by atoms with van der Waals surface area (Å²) in [5, 5.41) is 1.12. The van der Waals surface area contributed by atoms with Gasteiger partial charge in [0.1, 0.15) is 5.76 Å². The zero-order chi connectivity index (χ0) is 21.1. The number of hydrogen-bond donors (Lipinski definition) is 0. The van der Waals surface area contributed by atoms with Crippen LogP contribution >= 0.6 is 11.8 Å². The molecule has 0 bridgehead atoms. The fraction of sp³-hybridized carbons (Fsp3) is 0.174. The number of nitrogens with zero attached hydrogens (tertiary/aromatic N) is 2. The van der Waals surface area contributed by atoms with Gasteiger partial charge in [-0.25, -0.2) is 9.78 Å². The minimum atomic E-state index is -0.525. The van der Waals surface area contributed by atoms with E-state index in [1.165, 1.54) is 24.4 Å². The van der Waals surface area contributed by atoms with Gasteiger partial charge in [0.25, 0.3) is 5.56 Å². The summed E-state index contributed by atoms with van der Waals surface area (Å²) in [6.45, 7) is 2.09. The van der Waals surface area contributed by atoms with Crippen LogP contribution < -0.4 is 5.56 Å². The number of rotatable bonds is 6. The molecular weight excluding hydrogens is 400 g/mol. The molecule has 0 radical (unpaired) electrons. The SMILES string of the molecule is CCc1ccc(-n2c(SCc3ccc(C(=O)OC)o3)nc3ccccc3c2=O)cc1. The first-order valence-corrected chi connectivity index (χ1v) is 10.5. The number of esters is 1. The monoisotopic (exact) mass is 420 g/mol. The normalized spacial score (nSPS) is 11.0. The Morgan fingerprint density at radius 1 is 1.10 bits per heavy atom. The summed E-state index contributed by atoms with van der Waals surface area (Å²) in [7, 11) is 1.31. The number of methoxy groups -OCH3 is 1. The van der Waals surface area contributed by atoms with E-state index >= 15 is 0 Å². The van der Waals surface area contributed by atoms with Crippen molar-refractivity contribution >= 4 is 28.6 Å². The molecule has 2 aromatic heterocycles. The van der Waals surface area contributed by atoms with E-state index in [-0.39, 0.29) is 11.3 Å². The first-order valence-electron chi connectivity index (χ1n) is 9.51. The Morgan fingerprint density at radius 2 is 1.87 bits per heavy atom.